The fraction of sp³-hybridized carbons (Fsp3) is 0.579. The molecule has 1 saturated heterocycles. The summed E-state index contributed by atoms with van der Waals surface area (Å²) < 4.78 is 17.9. The zero-order valence-electron chi connectivity index (χ0n) is 14.0. The molecule has 0 amide bonds. The average molecular weight is 304 g/mol. The van der Waals surface area contributed by atoms with E-state index in [1.807, 2.05) is 38.1 Å². The van der Waals surface area contributed by atoms with Crippen LogP contribution in [0.1, 0.15) is 45.6 Å². The molecule has 1 heterocycles. The summed E-state index contributed by atoms with van der Waals surface area (Å²) >= 11 is 0. The molecule has 0 bridgehead atoms. The molecule has 0 spiro atoms. The Hall–Kier alpha value is -1.16. The summed E-state index contributed by atoms with van der Waals surface area (Å²) in [7, 11) is 0. The van der Waals surface area contributed by atoms with E-state index in [1.165, 1.54) is 5.56 Å². The lowest BCUT2D eigenvalue weighted by Gasteiger charge is -2.46. The second-order valence-corrected chi connectivity index (χ2v) is 6.72. The smallest absolute Gasteiger partial charge is 0.163 e. The summed E-state index contributed by atoms with van der Waals surface area (Å²) in [6.07, 6.45) is 4.67. The van der Waals surface area contributed by atoms with Gasteiger partial charge < -0.3 is 14.2 Å². The highest BCUT2D eigenvalue weighted by molar-refractivity contribution is 5.13. The monoisotopic (exact) mass is 304 g/mol. The molecule has 2 rings (SSSR count). The van der Waals surface area contributed by atoms with Gasteiger partial charge in [-0.15, -0.1) is 6.58 Å². The van der Waals surface area contributed by atoms with Gasteiger partial charge in [-0.05, 0) is 39.2 Å². The van der Waals surface area contributed by atoms with Gasteiger partial charge in [-0.2, -0.15) is 0 Å². The highest BCUT2D eigenvalue weighted by Gasteiger charge is 2.41. The minimum atomic E-state index is -0.555. The van der Waals surface area contributed by atoms with E-state index in [9.17, 15) is 0 Å². The molecule has 1 aromatic carbocycles. The van der Waals surface area contributed by atoms with Gasteiger partial charge in [0.15, 0.2) is 5.79 Å². The molecule has 122 valence electrons. The van der Waals surface area contributed by atoms with E-state index in [2.05, 4.69) is 25.6 Å². The molecule has 0 unspecified atom stereocenters. The summed E-state index contributed by atoms with van der Waals surface area (Å²) in [4.78, 5) is 0. The van der Waals surface area contributed by atoms with E-state index in [-0.39, 0.29) is 11.7 Å². The van der Waals surface area contributed by atoms with Crippen molar-refractivity contribution in [1.29, 1.82) is 0 Å². The second kappa shape index (κ2) is 7.40. The largest absolute Gasteiger partial charge is 0.377 e. The zero-order chi connectivity index (χ0) is 16.1. The molecular formula is C19H28O3. The van der Waals surface area contributed by atoms with Gasteiger partial charge in [0.05, 0.1) is 18.3 Å². The molecular weight excluding hydrogens is 276 g/mol. The third-order valence-corrected chi connectivity index (χ3v) is 3.87. The quantitative estimate of drug-likeness (QED) is 0.549. The summed E-state index contributed by atoms with van der Waals surface area (Å²) in [6, 6.07) is 10.2. The van der Waals surface area contributed by atoms with Gasteiger partial charge in [0.25, 0.3) is 0 Å². The van der Waals surface area contributed by atoms with Gasteiger partial charge in [0.2, 0.25) is 0 Å². The first kappa shape index (κ1) is 17.2. The fourth-order valence-electron chi connectivity index (χ4n) is 3.15. The molecule has 1 aliphatic rings. The van der Waals surface area contributed by atoms with Crippen molar-refractivity contribution in [2.75, 3.05) is 6.61 Å². The van der Waals surface area contributed by atoms with Gasteiger partial charge >= 0.3 is 0 Å². The normalized spacial score (nSPS) is 27.5. The van der Waals surface area contributed by atoms with Crippen LogP contribution in [0.2, 0.25) is 0 Å². The molecule has 3 heteroatoms. The summed E-state index contributed by atoms with van der Waals surface area (Å²) in [6.45, 7) is 11.3. The minimum absolute atomic E-state index is 0.157. The van der Waals surface area contributed by atoms with E-state index in [0.29, 0.717) is 13.2 Å². The molecule has 1 aliphatic heterocycles. The molecule has 0 saturated carbocycles. The molecule has 2 atom stereocenters. The van der Waals surface area contributed by atoms with Gasteiger partial charge in [-0.1, -0.05) is 36.4 Å². The van der Waals surface area contributed by atoms with Crippen LogP contribution in [0.15, 0.2) is 43.0 Å². The van der Waals surface area contributed by atoms with Crippen LogP contribution in [0.25, 0.3) is 0 Å². The Bertz CT molecular complexity index is 469. The minimum Gasteiger partial charge on any atom is -0.377 e. The molecule has 0 N–H and O–H groups in total. The Morgan fingerprint density at radius 1 is 1.27 bits per heavy atom. The van der Waals surface area contributed by atoms with Crippen molar-refractivity contribution in [3.05, 3.63) is 48.6 Å². The first-order valence-electron chi connectivity index (χ1n) is 8.03. The van der Waals surface area contributed by atoms with Crippen LogP contribution in [0, 0.1) is 0 Å². The van der Waals surface area contributed by atoms with Crippen LogP contribution in [0.5, 0.6) is 0 Å². The van der Waals surface area contributed by atoms with Crippen LogP contribution in [0.4, 0.5) is 0 Å². The fourth-order valence-corrected chi connectivity index (χ4v) is 3.15. The van der Waals surface area contributed by atoms with Crippen LogP contribution in [0.3, 0.4) is 0 Å². The first-order chi connectivity index (χ1) is 10.4. The van der Waals surface area contributed by atoms with Crippen molar-refractivity contribution < 1.29 is 14.2 Å². The van der Waals surface area contributed by atoms with E-state index >= 15 is 0 Å². The van der Waals surface area contributed by atoms with E-state index in [0.717, 1.165) is 19.3 Å². The highest BCUT2D eigenvalue weighted by atomic mass is 16.7. The van der Waals surface area contributed by atoms with E-state index < -0.39 is 5.79 Å². The zero-order valence-corrected chi connectivity index (χ0v) is 14.0. The predicted molar refractivity (Wildman–Crippen MR) is 88.6 cm³/mol. The average Bonchev–Trinajstić information content (AvgIpc) is 2.42. The predicted octanol–water partition coefficient (Wildman–Crippen LogP) is 4.47. The molecule has 0 radical (unpaired) electrons. The van der Waals surface area contributed by atoms with Crippen molar-refractivity contribution in [2.45, 2.75) is 64.1 Å². The highest BCUT2D eigenvalue weighted by Crippen LogP contribution is 2.37. The number of hydrogen-bond acceptors (Lipinski definition) is 3. The molecule has 0 aliphatic carbocycles. The number of ether oxygens (including phenoxy) is 3. The Kier molecular flexibility index (Phi) is 5.79. The maximum Gasteiger partial charge on any atom is 0.163 e. The lowest BCUT2D eigenvalue weighted by atomic mass is 9.91. The lowest BCUT2D eigenvalue weighted by Crippen LogP contribution is -2.51. The molecule has 3 nitrogen and oxygen atoms in total. The topological polar surface area (TPSA) is 27.7 Å². The van der Waals surface area contributed by atoms with Crippen LogP contribution in [-0.2, 0) is 20.8 Å². The van der Waals surface area contributed by atoms with E-state index in [4.69, 9.17) is 14.2 Å². The standard InChI is InChI=1S/C19H28O3/c1-5-12-19(4)14-17(21-18(2,3)22-19)11-13-20-15-16-9-7-6-8-10-16/h5-10,17H,1,11-15H2,2-4H3/t17-,19+/m0/s1. The second-order valence-electron chi connectivity index (χ2n) is 6.72. The molecule has 0 aromatic heterocycles. The van der Waals surface area contributed by atoms with Gasteiger partial charge in [0, 0.05) is 13.0 Å². The maximum atomic E-state index is 6.07. The Morgan fingerprint density at radius 3 is 2.68 bits per heavy atom. The first-order valence-corrected chi connectivity index (χ1v) is 8.03. The van der Waals surface area contributed by atoms with E-state index in [1.54, 1.807) is 0 Å². The van der Waals surface area contributed by atoms with Crippen molar-refractivity contribution in [3.8, 4) is 0 Å². The van der Waals surface area contributed by atoms with Crippen molar-refractivity contribution in [3.63, 3.8) is 0 Å². The van der Waals surface area contributed by atoms with Gasteiger partial charge in [0.1, 0.15) is 0 Å². The number of rotatable bonds is 7. The Labute approximate surface area is 134 Å². The van der Waals surface area contributed by atoms with Gasteiger partial charge in [-0.25, -0.2) is 0 Å². The summed E-state index contributed by atoms with van der Waals surface area (Å²) in [5.41, 5.74) is 1.00. The maximum absolute atomic E-state index is 6.07. The summed E-state index contributed by atoms with van der Waals surface area (Å²) in [5.74, 6) is -0.555. The van der Waals surface area contributed by atoms with Crippen LogP contribution in [-0.4, -0.2) is 24.1 Å². The third-order valence-electron chi connectivity index (χ3n) is 3.87. The van der Waals surface area contributed by atoms with Gasteiger partial charge in [-0.3, -0.25) is 0 Å². The van der Waals surface area contributed by atoms with Crippen molar-refractivity contribution >= 4 is 0 Å². The SMILES string of the molecule is C=CC[C@]1(C)C[C@H](CCOCc2ccccc2)OC(C)(C)O1. The molecule has 1 aromatic rings. The van der Waals surface area contributed by atoms with Crippen LogP contribution < -0.4 is 0 Å². The third kappa shape index (κ3) is 5.24. The van der Waals surface area contributed by atoms with Crippen molar-refractivity contribution in [1.82, 2.24) is 0 Å². The van der Waals surface area contributed by atoms with Crippen LogP contribution >= 0.6 is 0 Å². The lowest BCUT2D eigenvalue weighted by molar-refractivity contribution is -0.330. The Balaban J connectivity index is 1.80. The molecule has 22 heavy (non-hydrogen) atoms. The molecule has 1 fully saturated rings. The number of benzene rings is 1. The number of hydrogen-bond donors (Lipinski definition) is 0. The van der Waals surface area contributed by atoms with Crippen molar-refractivity contribution in [2.24, 2.45) is 0 Å². The summed E-state index contributed by atoms with van der Waals surface area (Å²) in [5, 5.41) is 0. The Morgan fingerprint density at radius 2 is 2.00 bits per heavy atom.